The van der Waals surface area contributed by atoms with E-state index in [2.05, 4.69) is 30.9 Å². The second-order valence-corrected chi connectivity index (χ2v) is 10.6. The monoisotopic (exact) mass is 627 g/mol. The molecule has 1 aromatic carbocycles. The standard InChI is InChI=1S/C28H41N11O6/c29-13-23(41)36-21(12-17-14-33-15-35-17)25(43)37-19(3-1-9-34-28(31)32)27(45)39-10-2-4-22(39)26(44)38-20(24(30)42)11-16-5-7-18(40)8-6-16/h5-8,14-15,19-22,40H,1-4,9-13,29H2,(H2,30,42)(H,33,35)(H,36,41)(H,37,43)(H,38,44)(H4,31,32,34)/t19-,20-,21-,22-/m0/s1. The van der Waals surface area contributed by atoms with Gasteiger partial charge in [-0.3, -0.25) is 29.0 Å². The first-order valence-electron chi connectivity index (χ1n) is 14.5. The minimum Gasteiger partial charge on any atom is -0.508 e. The molecule has 1 aromatic heterocycles. The number of likely N-dealkylation sites (tertiary alicyclic amines) is 1. The molecule has 1 aliphatic heterocycles. The van der Waals surface area contributed by atoms with Crippen LogP contribution in [0.15, 0.2) is 41.8 Å². The number of rotatable bonds is 16. The lowest BCUT2D eigenvalue weighted by atomic mass is 10.0. The Bertz CT molecular complexity index is 1350. The molecular formula is C28H41N11O6. The van der Waals surface area contributed by atoms with Crippen molar-refractivity contribution < 1.29 is 29.1 Å². The number of nitrogens with zero attached hydrogens (tertiary/aromatic N) is 3. The van der Waals surface area contributed by atoms with Gasteiger partial charge in [-0.25, -0.2) is 4.98 Å². The Morgan fingerprint density at radius 1 is 1.02 bits per heavy atom. The molecule has 0 saturated carbocycles. The number of imidazole rings is 1. The number of phenols is 1. The van der Waals surface area contributed by atoms with Crippen molar-refractivity contribution in [2.75, 3.05) is 19.6 Å². The average Bonchev–Trinajstić information content (AvgIpc) is 3.71. The van der Waals surface area contributed by atoms with E-state index in [-0.39, 0.29) is 50.6 Å². The van der Waals surface area contributed by atoms with Gasteiger partial charge in [-0.2, -0.15) is 0 Å². The lowest BCUT2D eigenvalue weighted by molar-refractivity contribution is -0.142. The van der Waals surface area contributed by atoms with Gasteiger partial charge in [-0.05, 0) is 43.4 Å². The van der Waals surface area contributed by atoms with Crippen molar-refractivity contribution in [3.8, 4) is 5.75 Å². The number of nitrogens with one attached hydrogen (secondary N) is 4. The minimum absolute atomic E-state index is 0.0489. The van der Waals surface area contributed by atoms with Crippen LogP contribution in [0.4, 0.5) is 0 Å². The summed E-state index contributed by atoms with van der Waals surface area (Å²) >= 11 is 0. The van der Waals surface area contributed by atoms with E-state index in [1.54, 1.807) is 12.1 Å². The summed E-state index contributed by atoms with van der Waals surface area (Å²) in [6.45, 7) is 0.0695. The van der Waals surface area contributed by atoms with E-state index in [4.69, 9.17) is 22.9 Å². The number of carbonyl (C=O) groups is 5. The summed E-state index contributed by atoms with van der Waals surface area (Å²) in [4.78, 5) is 77.1. The SMILES string of the molecule is NCC(=O)N[C@@H](Cc1cnc[nH]1)C(=O)N[C@@H](CCCN=C(N)N)C(=O)N1CCC[C@H]1C(=O)N[C@@H](Cc1ccc(O)cc1)C(N)=O. The second-order valence-electron chi connectivity index (χ2n) is 10.6. The van der Waals surface area contributed by atoms with Gasteiger partial charge in [0.15, 0.2) is 5.96 Å². The van der Waals surface area contributed by atoms with Gasteiger partial charge in [0.05, 0.1) is 12.9 Å². The molecule has 5 amide bonds. The number of carbonyl (C=O) groups excluding carboxylic acids is 5. The molecule has 0 aliphatic carbocycles. The molecule has 2 aromatic rings. The molecule has 1 aliphatic rings. The van der Waals surface area contributed by atoms with E-state index in [1.165, 1.54) is 29.6 Å². The van der Waals surface area contributed by atoms with Crippen LogP contribution in [0.3, 0.4) is 0 Å². The molecule has 13 N–H and O–H groups in total. The molecule has 17 heteroatoms. The van der Waals surface area contributed by atoms with E-state index >= 15 is 0 Å². The predicted molar refractivity (Wildman–Crippen MR) is 163 cm³/mol. The number of hydrogen-bond donors (Lipinski definition) is 9. The normalized spacial score (nSPS) is 16.2. The van der Waals surface area contributed by atoms with Gasteiger partial charge in [0.1, 0.15) is 29.9 Å². The van der Waals surface area contributed by atoms with Crippen LogP contribution in [-0.4, -0.2) is 99.3 Å². The molecule has 1 fully saturated rings. The molecule has 3 rings (SSSR count). The molecule has 0 spiro atoms. The van der Waals surface area contributed by atoms with Gasteiger partial charge in [-0.15, -0.1) is 0 Å². The predicted octanol–water partition coefficient (Wildman–Crippen LogP) is -3.16. The van der Waals surface area contributed by atoms with Crippen LogP contribution in [0, 0.1) is 0 Å². The molecule has 0 unspecified atom stereocenters. The second kappa shape index (κ2) is 16.6. The van der Waals surface area contributed by atoms with Gasteiger partial charge in [0, 0.05) is 37.8 Å². The van der Waals surface area contributed by atoms with E-state index in [9.17, 15) is 29.1 Å². The maximum atomic E-state index is 13.9. The number of amides is 5. The number of guanidine groups is 1. The van der Waals surface area contributed by atoms with Crippen LogP contribution >= 0.6 is 0 Å². The lowest BCUT2D eigenvalue weighted by Crippen LogP contribution is -2.58. The van der Waals surface area contributed by atoms with Gasteiger partial charge < -0.3 is 53.9 Å². The zero-order valence-electron chi connectivity index (χ0n) is 24.8. The van der Waals surface area contributed by atoms with Crippen molar-refractivity contribution >= 4 is 35.5 Å². The lowest BCUT2D eigenvalue weighted by Gasteiger charge is -2.30. The number of aromatic hydroxyl groups is 1. The molecule has 17 nitrogen and oxygen atoms in total. The Labute approximate surface area is 259 Å². The first-order valence-corrected chi connectivity index (χ1v) is 14.5. The number of aliphatic imine (C=N–C) groups is 1. The van der Waals surface area contributed by atoms with Crippen molar-refractivity contribution in [2.24, 2.45) is 27.9 Å². The molecule has 0 bridgehead atoms. The Morgan fingerprint density at radius 2 is 1.76 bits per heavy atom. The van der Waals surface area contributed by atoms with Gasteiger partial charge >= 0.3 is 0 Å². The Hall–Kier alpha value is -5.19. The fourth-order valence-electron chi connectivity index (χ4n) is 4.97. The van der Waals surface area contributed by atoms with Crippen LogP contribution in [0.1, 0.15) is 36.9 Å². The molecule has 2 heterocycles. The summed E-state index contributed by atoms with van der Waals surface area (Å²) in [5.74, 6) is -3.15. The van der Waals surface area contributed by atoms with Crippen molar-refractivity contribution in [1.29, 1.82) is 0 Å². The Morgan fingerprint density at radius 3 is 2.38 bits per heavy atom. The minimum atomic E-state index is -1.09. The molecular weight excluding hydrogens is 586 g/mol. The quantitative estimate of drug-likeness (QED) is 0.0511. The molecule has 244 valence electrons. The summed E-state index contributed by atoms with van der Waals surface area (Å²) < 4.78 is 0. The molecule has 4 atom stereocenters. The maximum Gasteiger partial charge on any atom is 0.245 e. The maximum absolute atomic E-state index is 13.9. The van der Waals surface area contributed by atoms with E-state index in [1.807, 2.05) is 0 Å². The van der Waals surface area contributed by atoms with Gasteiger partial charge in [0.25, 0.3) is 0 Å². The van der Waals surface area contributed by atoms with Crippen LogP contribution in [0.5, 0.6) is 5.75 Å². The number of aromatic amines is 1. The highest BCUT2D eigenvalue weighted by molar-refractivity contribution is 5.96. The van der Waals surface area contributed by atoms with E-state index in [0.29, 0.717) is 30.5 Å². The average molecular weight is 628 g/mol. The van der Waals surface area contributed by atoms with Gasteiger partial charge in [0.2, 0.25) is 29.5 Å². The largest absolute Gasteiger partial charge is 0.508 e. The first-order chi connectivity index (χ1) is 21.5. The van der Waals surface area contributed by atoms with Crippen molar-refractivity contribution in [3.05, 3.63) is 48.0 Å². The number of hydrogen-bond acceptors (Lipinski definition) is 9. The Kier molecular flexibility index (Phi) is 12.7. The van der Waals surface area contributed by atoms with Crippen LogP contribution in [-0.2, 0) is 36.8 Å². The topological polar surface area (TPSA) is 290 Å². The fourth-order valence-corrected chi connectivity index (χ4v) is 4.97. The number of primary amides is 1. The summed E-state index contributed by atoms with van der Waals surface area (Å²) in [7, 11) is 0. The zero-order valence-corrected chi connectivity index (χ0v) is 24.8. The van der Waals surface area contributed by atoms with Gasteiger partial charge in [-0.1, -0.05) is 12.1 Å². The third-order valence-electron chi connectivity index (χ3n) is 7.25. The van der Waals surface area contributed by atoms with Crippen molar-refractivity contribution in [3.63, 3.8) is 0 Å². The number of phenolic OH excluding ortho intramolecular Hbond substituents is 1. The number of H-pyrrole nitrogens is 1. The summed E-state index contributed by atoms with van der Waals surface area (Å²) in [6, 6.07) is 1.96. The van der Waals surface area contributed by atoms with Crippen molar-refractivity contribution in [1.82, 2.24) is 30.8 Å². The van der Waals surface area contributed by atoms with E-state index < -0.39 is 53.7 Å². The van der Waals surface area contributed by atoms with E-state index in [0.717, 1.165) is 0 Å². The third-order valence-corrected chi connectivity index (χ3v) is 7.25. The van der Waals surface area contributed by atoms with Crippen LogP contribution in [0.25, 0.3) is 0 Å². The molecule has 0 radical (unpaired) electrons. The zero-order chi connectivity index (χ0) is 32.9. The highest BCUT2D eigenvalue weighted by atomic mass is 16.3. The molecule has 1 saturated heterocycles. The number of benzene rings is 1. The van der Waals surface area contributed by atoms with Crippen LogP contribution in [0.2, 0.25) is 0 Å². The van der Waals surface area contributed by atoms with Crippen LogP contribution < -0.4 is 38.9 Å². The highest BCUT2D eigenvalue weighted by Gasteiger charge is 2.39. The number of nitrogens with two attached hydrogens (primary N) is 4. The summed E-state index contributed by atoms with van der Waals surface area (Å²) in [5, 5.41) is 17.5. The fraction of sp³-hybridized carbons (Fsp3) is 0.464. The summed E-state index contributed by atoms with van der Waals surface area (Å²) in [5.41, 5.74) is 23.1. The smallest absolute Gasteiger partial charge is 0.245 e. The first kappa shape index (κ1) is 34.3. The number of aromatic nitrogens is 2. The molecule has 45 heavy (non-hydrogen) atoms. The summed E-state index contributed by atoms with van der Waals surface area (Å²) in [6.07, 6.45) is 4.33. The Balaban J connectivity index is 1.77. The highest BCUT2D eigenvalue weighted by Crippen LogP contribution is 2.21. The third kappa shape index (κ3) is 10.5. The van der Waals surface area contributed by atoms with Crippen molar-refractivity contribution in [2.45, 2.75) is 62.7 Å².